The molecule has 1 amide bonds. The van der Waals surface area contributed by atoms with Crippen LogP contribution in [-0.2, 0) is 4.74 Å². The summed E-state index contributed by atoms with van der Waals surface area (Å²) in [5, 5.41) is 8.79. The standard InChI is InChI=1S/C16H19NO3/c1-12-10-17(11-13(2)20-12)16(19)15-8-4-3-6-14(15)7-5-9-18/h3-4,6,8,12-13,18H,9-11H2,1-2H3/t12-,13+. The summed E-state index contributed by atoms with van der Waals surface area (Å²) in [4.78, 5) is 14.4. The van der Waals surface area contributed by atoms with Crippen molar-refractivity contribution in [3.63, 3.8) is 0 Å². The zero-order valence-corrected chi connectivity index (χ0v) is 11.8. The molecule has 1 aromatic carbocycles. The van der Waals surface area contributed by atoms with E-state index in [0.29, 0.717) is 24.2 Å². The van der Waals surface area contributed by atoms with Gasteiger partial charge in [-0.05, 0) is 26.0 Å². The van der Waals surface area contributed by atoms with Crippen LogP contribution in [0.4, 0.5) is 0 Å². The lowest BCUT2D eigenvalue weighted by atomic mass is 10.1. The van der Waals surface area contributed by atoms with Gasteiger partial charge in [-0.3, -0.25) is 4.79 Å². The first kappa shape index (κ1) is 14.6. The van der Waals surface area contributed by atoms with Crippen LogP contribution >= 0.6 is 0 Å². The highest BCUT2D eigenvalue weighted by Crippen LogP contribution is 2.16. The molecule has 0 radical (unpaired) electrons. The third kappa shape index (κ3) is 3.38. The fourth-order valence-corrected chi connectivity index (χ4v) is 2.43. The van der Waals surface area contributed by atoms with Crippen LogP contribution in [0.2, 0.25) is 0 Å². The molecule has 1 aliphatic rings. The maximum Gasteiger partial charge on any atom is 0.255 e. The molecule has 1 fully saturated rings. The minimum Gasteiger partial charge on any atom is -0.384 e. The second-order valence-corrected chi connectivity index (χ2v) is 4.97. The first-order valence-corrected chi connectivity index (χ1v) is 6.75. The summed E-state index contributed by atoms with van der Waals surface area (Å²) in [7, 11) is 0. The fourth-order valence-electron chi connectivity index (χ4n) is 2.43. The zero-order chi connectivity index (χ0) is 14.5. The third-order valence-electron chi connectivity index (χ3n) is 3.17. The molecular weight excluding hydrogens is 254 g/mol. The lowest BCUT2D eigenvalue weighted by Gasteiger charge is -2.35. The van der Waals surface area contributed by atoms with Gasteiger partial charge in [-0.2, -0.15) is 0 Å². The number of carbonyl (C=O) groups excluding carboxylic acids is 1. The summed E-state index contributed by atoms with van der Waals surface area (Å²) in [5.41, 5.74) is 1.23. The van der Waals surface area contributed by atoms with Crippen molar-refractivity contribution in [1.82, 2.24) is 4.90 Å². The van der Waals surface area contributed by atoms with Crippen molar-refractivity contribution in [3.05, 3.63) is 35.4 Å². The van der Waals surface area contributed by atoms with E-state index in [1.54, 1.807) is 17.0 Å². The molecule has 0 aromatic heterocycles. The molecule has 2 rings (SSSR count). The summed E-state index contributed by atoms with van der Waals surface area (Å²) in [6, 6.07) is 7.23. The predicted octanol–water partition coefficient (Wildman–Crippen LogP) is 1.28. The van der Waals surface area contributed by atoms with Crippen LogP contribution in [0.25, 0.3) is 0 Å². The van der Waals surface area contributed by atoms with E-state index in [0.717, 1.165) is 0 Å². The van der Waals surface area contributed by atoms with E-state index in [9.17, 15) is 4.79 Å². The van der Waals surface area contributed by atoms with E-state index in [-0.39, 0.29) is 24.7 Å². The number of nitrogens with zero attached hydrogens (tertiary/aromatic N) is 1. The van der Waals surface area contributed by atoms with Crippen LogP contribution in [0.5, 0.6) is 0 Å². The summed E-state index contributed by atoms with van der Waals surface area (Å²) in [6.07, 6.45) is 0.0803. The van der Waals surface area contributed by atoms with Gasteiger partial charge < -0.3 is 14.7 Å². The molecule has 4 nitrogen and oxygen atoms in total. The van der Waals surface area contributed by atoms with Gasteiger partial charge in [-0.1, -0.05) is 24.0 Å². The molecule has 1 N–H and O–H groups in total. The highest BCUT2D eigenvalue weighted by atomic mass is 16.5. The van der Waals surface area contributed by atoms with Gasteiger partial charge in [-0.25, -0.2) is 0 Å². The number of carbonyl (C=O) groups is 1. The fraction of sp³-hybridized carbons (Fsp3) is 0.438. The summed E-state index contributed by atoms with van der Waals surface area (Å²) in [5.74, 6) is 5.38. The van der Waals surface area contributed by atoms with Gasteiger partial charge >= 0.3 is 0 Å². The highest BCUT2D eigenvalue weighted by molar-refractivity contribution is 5.96. The first-order valence-electron chi connectivity index (χ1n) is 6.75. The molecule has 1 heterocycles. The molecule has 1 saturated heterocycles. The Morgan fingerprint density at radius 3 is 2.65 bits per heavy atom. The molecule has 2 atom stereocenters. The number of aliphatic hydroxyl groups is 1. The maximum atomic E-state index is 12.6. The second-order valence-electron chi connectivity index (χ2n) is 4.97. The highest BCUT2D eigenvalue weighted by Gasteiger charge is 2.27. The lowest BCUT2D eigenvalue weighted by molar-refractivity contribution is -0.0586. The average molecular weight is 273 g/mol. The number of morpholine rings is 1. The average Bonchev–Trinajstić information content (AvgIpc) is 2.43. The number of benzene rings is 1. The molecule has 0 aliphatic carbocycles. The van der Waals surface area contributed by atoms with Crippen molar-refractivity contribution < 1.29 is 14.6 Å². The molecule has 4 heteroatoms. The van der Waals surface area contributed by atoms with E-state index in [1.807, 2.05) is 26.0 Å². The Hall–Kier alpha value is -1.83. The number of hydrogen-bond acceptors (Lipinski definition) is 3. The Morgan fingerprint density at radius 1 is 1.35 bits per heavy atom. The van der Waals surface area contributed by atoms with Gasteiger partial charge in [0, 0.05) is 18.7 Å². The van der Waals surface area contributed by atoms with Gasteiger partial charge in [0.1, 0.15) is 6.61 Å². The second kappa shape index (κ2) is 6.56. The maximum absolute atomic E-state index is 12.6. The van der Waals surface area contributed by atoms with Crippen molar-refractivity contribution in [1.29, 1.82) is 0 Å². The van der Waals surface area contributed by atoms with Crippen LogP contribution in [-0.4, -0.2) is 47.8 Å². The van der Waals surface area contributed by atoms with Crippen molar-refractivity contribution in [2.75, 3.05) is 19.7 Å². The van der Waals surface area contributed by atoms with Crippen molar-refractivity contribution in [3.8, 4) is 11.8 Å². The summed E-state index contributed by atoms with van der Waals surface area (Å²) in [6.45, 7) is 4.89. The largest absolute Gasteiger partial charge is 0.384 e. The lowest BCUT2D eigenvalue weighted by Crippen LogP contribution is -2.48. The van der Waals surface area contributed by atoms with Crippen molar-refractivity contribution in [2.45, 2.75) is 26.1 Å². The smallest absolute Gasteiger partial charge is 0.255 e. The van der Waals surface area contributed by atoms with Crippen molar-refractivity contribution >= 4 is 5.91 Å². The molecule has 0 unspecified atom stereocenters. The Kier molecular flexibility index (Phi) is 4.78. The number of amides is 1. The Bertz CT molecular complexity index is 534. The molecule has 0 saturated carbocycles. The predicted molar refractivity (Wildman–Crippen MR) is 76.3 cm³/mol. The molecule has 0 bridgehead atoms. The number of ether oxygens (including phenoxy) is 1. The van der Waals surface area contributed by atoms with E-state index in [1.165, 1.54) is 0 Å². The summed E-state index contributed by atoms with van der Waals surface area (Å²) >= 11 is 0. The summed E-state index contributed by atoms with van der Waals surface area (Å²) < 4.78 is 5.64. The number of rotatable bonds is 1. The van der Waals surface area contributed by atoms with Crippen LogP contribution in [0, 0.1) is 11.8 Å². The molecule has 0 spiro atoms. The van der Waals surface area contributed by atoms with Crippen LogP contribution < -0.4 is 0 Å². The number of hydrogen-bond donors (Lipinski definition) is 1. The Balaban J connectivity index is 2.24. The molecule has 106 valence electrons. The minimum atomic E-state index is -0.214. The minimum absolute atomic E-state index is 0.0326. The SMILES string of the molecule is C[C@@H]1CN(C(=O)c2ccccc2C#CCO)C[C@H](C)O1. The number of aliphatic hydroxyl groups excluding tert-OH is 1. The van der Waals surface area contributed by atoms with Gasteiger partial charge in [-0.15, -0.1) is 0 Å². The molecule has 1 aromatic rings. The van der Waals surface area contributed by atoms with E-state index >= 15 is 0 Å². The normalized spacial score (nSPS) is 22.1. The molecule has 1 aliphatic heterocycles. The van der Waals surface area contributed by atoms with Crippen LogP contribution in [0.15, 0.2) is 24.3 Å². The third-order valence-corrected chi connectivity index (χ3v) is 3.17. The van der Waals surface area contributed by atoms with Crippen LogP contribution in [0.1, 0.15) is 29.8 Å². The monoisotopic (exact) mass is 273 g/mol. The van der Waals surface area contributed by atoms with Gasteiger partial charge in [0.25, 0.3) is 5.91 Å². The Labute approximate surface area is 119 Å². The van der Waals surface area contributed by atoms with Gasteiger partial charge in [0.05, 0.1) is 17.8 Å². The van der Waals surface area contributed by atoms with Crippen molar-refractivity contribution in [2.24, 2.45) is 0 Å². The van der Waals surface area contributed by atoms with Crippen LogP contribution in [0.3, 0.4) is 0 Å². The van der Waals surface area contributed by atoms with Gasteiger partial charge in [0.15, 0.2) is 0 Å². The van der Waals surface area contributed by atoms with E-state index in [2.05, 4.69) is 11.8 Å². The first-order chi connectivity index (χ1) is 9.61. The van der Waals surface area contributed by atoms with Gasteiger partial charge in [0.2, 0.25) is 0 Å². The quantitative estimate of drug-likeness (QED) is 0.784. The van der Waals surface area contributed by atoms with E-state index < -0.39 is 0 Å². The molecular formula is C16H19NO3. The Morgan fingerprint density at radius 2 is 2.00 bits per heavy atom. The van der Waals surface area contributed by atoms with E-state index in [4.69, 9.17) is 9.84 Å². The zero-order valence-electron chi connectivity index (χ0n) is 11.8. The topological polar surface area (TPSA) is 49.8 Å². The molecule has 20 heavy (non-hydrogen) atoms.